The van der Waals surface area contributed by atoms with Crippen LogP contribution in [-0.4, -0.2) is 42.4 Å². The molecule has 1 saturated heterocycles. The summed E-state index contributed by atoms with van der Waals surface area (Å²) in [6.45, 7) is 3.21. The van der Waals surface area contributed by atoms with E-state index in [1.54, 1.807) is 23.1 Å². The van der Waals surface area contributed by atoms with Crippen LogP contribution in [0.5, 0.6) is 0 Å². The molecule has 1 unspecified atom stereocenters. The summed E-state index contributed by atoms with van der Waals surface area (Å²) < 4.78 is 0. The third-order valence-electron chi connectivity index (χ3n) is 3.42. The zero-order valence-electron chi connectivity index (χ0n) is 12.1. The number of piperazine rings is 1. The normalized spacial score (nSPS) is 17.7. The van der Waals surface area contributed by atoms with Crippen LogP contribution in [0.25, 0.3) is 0 Å². The van der Waals surface area contributed by atoms with Crippen molar-refractivity contribution < 1.29 is 9.59 Å². The van der Waals surface area contributed by atoms with E-state index in [2.05, 4.69) is 17.2 Å². The Morgan fingerprint density at radius 1 is 1.52 bits per heavy atom. The van der Waals surface area contributed by atoms with Gasteiger partial charge in [0.15, 0.2) is 0 Å². The van der Waals surface area contributed by atoms with Gasteiger partial charge in [-0.3, -0.25) is 9.59 Å². The SMILES string of the molecule is CCC1C(=O)NCCN1C(=O)c1cccc(C#CCN)c1. The van der Waals surface area contributed by atoms with Gasteiger partial charge in [0.2, 0.25) is 5.91 Å². The monoisotopic (exact) mass is 285 g/mol. The van der Waals surface area contributed by atoms with Gasteiger partial charge in [0.1, 0.15) is 6.04 Å². The van der Waals surface area contributed by atoms with Gasteiger partial charge in [-0.05, 0) is 24.6 Å². The fourth-order valence-corrected chi connectivity index (χ4v) is 2.41. The maximum atomic E-state index is 12.6. The second-order valence-electron chi connectivity index (χ2n) is 4.80. The minimum absolute atomic E-state index is 0.0869. The lowest BCUT2D eigenvalue weighted by Gasteiger charge is -2.34. The van der Waals surface area contributed by atoms with Crippen LogP contribution in [0, 0.1) is 11.8 Å². The summed E-state index contributed by atoms with van der Waals surface area (Å²) >= 11 is 0. The number of hydrogen-bond acceptors (Lipinski definition) is 3. The number of benzene rings is 1. The molecule has 1 fully saturated rings. The zero-order chi connectivity index (χ0) is 15.2. The molecular formula is C16H19N3O2. The Morgan fingerprint density at radius 3 is 3.05 bits per heavy atom. The molecular weight excluding hydrogens is 266 g/mol. The van der Waals surface area contributed by atoms with Crippen molar-refractivity contribution in [2.45, 2.75) is 19.4 Å². The van der Waals surface area contributed by atoms with Crippen molar-refractivity contribution in [1.82, 2.24) is 10.2 Å². The molecule has 0 bridgehead atoms. The fourth-order valence-electron chi connectivity index (χ4n) is 2.41. The van der Waals surface area contributed by atoms with E-state index >= 15 is 0 Å². The average molecular weight is 285 g/mol. The number of carbonyl (C=O) groups excluding carboxylic acids is 2. The maximum absolute atomic E-state index is 12.6. The minimum Gasteiger partial charge on any atom is -0.353 e. The van der Waals surface area contributed by atoms with E-state index in [1.807, 2.05) is 13.0 Å². The van der Waals surface area contributed by atoms with Crippen LogP contribution in [-0.2, 0) is 4.79 Å². The third-order valence-corrected chi connectivity index (χ3v) is 3.42. The first-order chi connectivity index (χ1) is 10.2. The zero-order valence-corrected chi connectivity index (χ0v) is 12.1. The number of hydrogen-bond donors (Lipinski definition) is 2. The molecule has 0 aromatic heterocycles. The Kier molecular flexibility index (Phi) is 4.96. The van der Waals surface area contributed by atoms with E-state index in [0.717, 1.165) is 5.56 Å². The topological polar surface area (TPSA) is 75.4 Å². The third kappa shape index (κ3) is 3.41. The average Bonchev–Trinajstić information content (AvgIpc) is 2.52. The van der Waals surface area contributed by atoms with Gasteiger partial charge in [-0.1, -0.05) is 24.8 Å². The van der Waals surface area contributed by atoms with Crippen LogP contribution in [0.4, 0.5) is 0 Å². The van der Waals surface area contributed by atoms with E-state index in [1.165, 1.54) is 0 Å². The van der Waals surface area contributed by atoms with E-state index in [0.29, 0.717) is 25.1 Å². The fraction of sp³-hybridized carbons (Fsp3) is 0.375. The number of nitrogens with zero attached hydrogens (tertiary/aromatic N) is 1. The molecule has 3 N–H and O–H groups in total. The number of rotatable bonds is 2. The predicted molar refractivity (Wildman–Crippen MR) is 80.5 cm³/mol. The van der Waals surface area contributed by atoms with Crippen molar-refractivity contribution in [3.05, 3.63) is 35.4 Å². The van der Waals surface area contributed by atoms with Crippen molar-refractivity contribution >= 4 is 11.8 Å². The van der Waals surface area contributed by atoms with Crippen LogP contribution < -0.4 is 11.1 Å². The molecule has 2 rings (SSSR count). The van der Waals surface area contributed by atoms with E-state index in [4.69, 9.17) is 5.73 Å². The Balaban J connectivity index is 2.24. The summed E-state index contributed by atoms with van der Waals surface area (Å²) in [5.41, 5.74) is 6.65. The Labute approximate surface area is 124 Å². The second-order valence-corrected chi connectivity index (χ2v) is 4.80. The molecule has 0 aliphatic carbocycles. The molecule has 21 heavy (non-hydrogen) atoms. The highest BCUT2D eigenvalue weighted by molar-refractivity contribution is 5.98. The molecule has 110 valence electrons. The Morgan fingerprint density at radius 2 is 2.33 bits per heavy atom. The number of carbonyl (C=O) groups is 2. The summed E-state index contributed by atoms with van der Waals surface area (Å²) in [6.07, 6.45) is 0.601. The highest BCUT2D eigenvalue weighted by atomic mass is 16.2. The van der Waals surface area contributed by atoms with Gasteiger partial charge < -0.3 is 16.0 Å². The van der Waals surface area contributed by atoms with Crippen molar-refractivity contribution in [2.75, 3.05) is 19.6 Å². The number of nitrogens with two attached hydrogens (primary N) is 1. The van der Waals surface area contributed by atoms with Crippen LogP contribution in [0.2, 0.25) is 0 Å². The molecule has 2 amide bonds. The molecule has 0 saturated carbocycles. The first-order valence-corrected chi connectivity index (χ1v) is 7.05. The molecule has 1 heterocycles. The number of amides is 2. The van der Waals surface area contributed by atoms with Gasteiger partial charge in [0.05, 0.1) is 6.54 Å². The van der Waals surface area contributed by atoms with Gasteiger partial charge in [-0.25, -0.2) is 0 Å². The quantitative estimate of drug-likeness (QED) is 0.770. The van der Waals surface area contributed by atoms with Crippen molar-refractivity contribution in [1.29, 1.82) is 0 Å². The smallest absolute Gasteiger partial charge is 0.254 e. The van der Waals surface area contributed by atoms with Gasteiger partial charge >= 0.3 is 0 Å². The Bertz CT molecular complexity index is 601. The summed E-state index contributed by atoms with van der Waals surface area (Å²) in [7, 11) is 0. The summed E-state index contributed by atoms with van der Waals surface area (Å²) in [4.78, 5) is 26.1. The van der Waals surface area contributed by atoms with Crippen LogP contribution in [0.3, 0.4) is 0 Å². The molecule has 1 aromatic rings. The van der Waals surface area contributed by atoms with Gasteiger partial charge in [0, 0.05) is 24.2 Å². The molecule has 1 aliphatic heterocycles. The highest BCUT2D eigenvalue weighted by Crippen LogP contribution is 2.14. The molecule has 1 aromatic carbocycles. The molecule has 1 atom stereocenters. The molecule has 5 heteroatoms. The van der Waals surface area contributed by atoms with Gasteiger partial charge in [-0.15, -0.1) is 0 Å². The molecule has 0 spiro atoms. The number of nitrogens with one attached hydrogen (secondary N) is 1. The first-order valence-electron chi connectivity index (χ1n) is 7.05. The van der Waals surface area contributed by atoms with Crippen molar-refractivity contribution in [3.63, 3.8) is 0 Å². The van der Waals surface area contributed by atoms with Crippen molar-refractivity contribution in [3.8, 4) is 11.8 Å². The minimum atomic E-state index is -0.398. The maximum Gasteiger partial charge on any atom is 0.254 e. The van der Waals surface area contributed by atoms with Crippen LogP contribution in [0.1, 0.15) is 29.3 Å². The molecule has 0 radical (unpaired) electrons. The van der Waals surface area contributed by atoms with Gasteiger partial charge in [0.25, 0.3) is 5.91 Å². The molecule has 5 nitrogen and oxygen atoms in total. The lowest BCUT2D eigenvalue weighted by molar-refractivity contribution is -0.127. The summed E-state index contributed by atoms with van der Waals surface area (Å²) in [5, 5.41) is 2.79. The molecule has 1 aliphatic rings. The van der Waals surface area contributed by atoms with E-state index in [-0.39, 0.29) is 18.4 Å². The summed E-state index contributed by atoms with van der Waals surface area (Å²) in [5.74, 6) is 5.46. The van der Waals surface area contributed by atoms with Crippen molar-refractivity contribution in [2.24, 2.45) is 5.73 Å². The lowest BCUT2D eigenvalue weighted by Crippen LogP contribution is -2.56. The van der Waals surface area contributed by atoms with Crippen LogP contribution >= 0.6 is 0 Å². The largest absolute Gasteiger partial charge is 0.353 e. The lowest BCUT2D eigenvalue weighted by atomic mass is 10.1. The van der Waals surface area contributed by atoms with E-state index in [9.17, 15) is 9.59 Å². The standard InChI is InChI=1S/C16H19N3O2/c1-2-14-15(20)18-9-10-19(14)16(21)13-7-3-5-12(11-13)6-4-8-17/h3,5,7,11,14H,2,8-10,17H2,1H3,(H,18,20). The second kappa shape index (κ2) is 6.91. The van der Waals surface area contributed by atoms with Crippen LogP contribution in [0.15, 0.2) is 24.3 Å². The Hall–Kier alpha value is -2.32. The highest BCUT2D eigenvalue weighted by Gasteiger charge is 2.31. The first kappa shape index (κ1) is 15.1. The van der Waals surface area contributed by atoms with E-state index < -0.39 is 6.04 Å². The van der Waals surface area contributed by atoms with Gasteiger partial charge in [-0.2, -0.15) is 0 Å². The summed E-state index contributed by atoms with van der Waals surface area (Å²) in [6, 6.07) is 6.71. The predicted octanol–water partition coefficient (Wildman–Crippen LogP) is 0.347.